The summed E-state index contributed by atoms with van der Waals surface area (Å²) in [6.07, 6.45) is 0. The molecule has 52 heavy (non-hydrogen) atoms. The van der Waals surface area contributed by atoms with Crippen LogP contribution in [0.1, 0.15) is 67.4 Å². The van der Waals surface area contributed by atoms with Crippen LogP contribution in [0.15, 0.2) is 174 Å². The summed E-state index contributed by atoms with van der Waals surface area (Å²) in [4.78, 5) is 0. The third kappa shape index (κ3) is 4.11. The number of hydrogen-bond donors (Lipinski definition) is 0. The van der Waals surface area contributed by atoms with E-state index in [9.17, 15) is 17.8 Å². The first-order valence-corrected chi connectivity index (χ1v) is 15.7. The van der Waals surface area contributed by atoms with E-state index in [-0.39, 0.29) is 0 Å². The SMILES string of the molecule is [2H]c1c([2H])c([2H])c2c(c1[2H])-c1c([2H])c([2H])c(-c3c4c([2H])c([2H])c([2H])c([2H])c4c(-c4c([2H])c([2H])c(-c5c([2H])c([2H])c([2H])c6oc7c([2H])c8c([2H])c([2H])c([2H])c([2H])c8c([2H])c7c56)c([2H])c4[2H])c4c([2H])c([2H])c([2H])c([2H])c34)c([2H])c1C2(C)C([2H])([2H])[2H]. The highest BCUT2D eigenvalue weighted by atomic mass is 16.3. The Morgan fingerprint density at radius 3 is 1.71 bits per heavy atom. The minimum atomic E-state index is -3.33. The highest BCUT2D eigenvalue weighted by molar-refractivity contribution is 6.22. The molecule has 244 valence electrons. The average molecular weight is 694 g/mol. The minimum absolute atomic E-state index is 0.473. The summed E-state index contributed by atoms with van der Waals surface area (Å²) in [5, 5.41) is -5.27. The topological polar surface area (TPSA) is 13.1 Å². The third-order valence-corrected chi connectivity index (χ3v) is 9.20. The molecular weight excluding hydrogens is 629 g/mol. The largest absolute Gasteiger partial charge is 0.456 e. The predicted molar refractivity (Wildman–Crippen MR) is 220 cm³/mol. The molecule has 0 bridgehead atoms. The maximum atomic E-state index is 9.98. The van der Waals surface area contributed by atoms with Crippen LogP contribution < -0.4 is 0 Å². The van der Waals surface area contributed by atoms with Crippen molar-refractivity contribution < 1.29 is 46.9 Å². The van der Waals surface area contributed by atoms with E-state index in [0.717, 1.165) is 6.92 Å². The number of fused-ring (bicyclic) bond motifs is 9. The summed E-state index contributed by atoms with van der Waals surface area (Å²) in [7, 11) is 0. The van der Waals surface area contributed by atoms with Gasteiger partial charge in [0, 0.05) is 20.3 Å². The number of hydrogen-bond acceptors (Lipinski definition) is 1. The van der Waals surface area contributed by atoms with E-state index < -0.39 is 291 Å². The van der Waals surface area contributed by atoms with Crippen LogP contribution in [-0.4, -0.2) is 0 Å². The monoisotopic (exact) mass is 693 g/mol. The summed E-state index contributed by atoms with van der Waals surface area (Å²) in [5.74, 6) is 0. The Morgan fingerprint density at radius 1 is 0.442 bits per heavy atom. The van der Waals surface area contributed by atoms with Crippen LogP contribution >= 0.6 is 0 Å². The van der Waals surface area contributed by atoms with Crippen LogP contribution in [-0.2, 0) is 5.41 Å². The summed E-state index contributed by atoms with van der Waals surface area (Å²) in [5.41, 5.74) is -11.2. The second-order valence-electron chi connectivity index (χ2n) is 12.1. The maximum absolute atomic E-state index is 9.98. The Hall–Kier alpha value is -6.44. The molecule has 1 nitrogen and oxygen atoms in total. The van der Waals surface area contributed by atoms with Crippen molar-refractivity contribution in [1.82, 2.24) is 0 Å². The zero-order chi connectivity index (χ0) is 61.4. The summed E-state index contributed by atoms with van der Waals surface area (Å²) < 4.78 is 288. The van der Waals surface area contributed by atoms with Crippen LogP contribution in [0.2, 0.25) is 0 Å². The Kier molecular flexibility index (Phi) is 2.50. The molecule has 0 fully saturated rings. The van der Waals surface area contributed by atoms with Crippen LogP contribution in [0.5, 0.6) is 0 Å². The molecule has 0 spiro atoms. The zero-order valence-corrected chi connectivity index (χ0v) is 26.4. The first-order valence-electron chi connectivity index (χ1n) is 31.2. The van der Waals surface area contributed by atoms with Crippen LogP contribution in [0.4, 0.5) is 0 Å². The van der Waals surface area contributed by atoms with Gasteiger partial charge in [0.05, 0.1) is 38.4 Å². The molecule has 10 aromatic rings. The summed E-state index contributed by atoms with van der Waals surface area (Å²) in [6, 6.07) is -26.7. The van der Waals surface area contributed by atoms with Gasteiger partial charge in [-0.15, -0.1) is 0 Å². The lowest BCUT2D eigenvalue weighted by Crippen LogP contribution is -2.14. The Labute approximate surface area is 346 Å². The van der Waals surface area contributed by atoms with E-state index in [0.29, 0.717) is 0 Å². The summed E-state index contributed by atoms with van der Waals surface area (Å²) >= 11 is 0. The Morgan fingerprint density at radius 2 is 1.00 bits per heavy atom. The highest BCUT2D eigenvalue weighted by Gasteiger charge is 2.35. The standard InChI is InChI=1S/C51H34O/c1-51(2)44-20-10-9-14-37(44)38-27-26-35(29-45(38)51)49-41-17-7-5-15-39(41)48(40-16-6-8-18-42(40)49)32-24-22-31(23-25-32)36-19-11-21-46-50(36)43-28-33-12-3-4-13-34(33)30-47(43)52-46/h3-30H,1-2H3/i1D3,3D,4D,5D,6D,7D,8D,9D,10D,11D,12D,13D,14D,15D,16D,17D,18D,19D,20D,21D,22D,23D,24D,25D,26D,27D,28D,29D,30D. The molecule has 1 aliphatic rings. The zero-order valence-electron chi connectivity index (χ0n) is 57.4. The van der Waals surface area contributed by atoms with Gasteiger partial charge in [-0.2, -0.15) is 0 Å². The lowest BCUT2D eigenvalue weighted by atomic mass is 9.80. The first kappa shape index (κ1) is 12.1. The van der Waals surface area contributed by atoms with Gasteiger partial charge in [0.1, 0.15) is 11.2 Å². The fourth-order valence-corrected chi connectivity index (χ4v) is 6.89. The lowest BCUT2D eigenvalue weighted by Gasteiger charge is -2.23. The van der Waals surface area contributed by atoms with Gasteiger partial charge in [-0.05, 0) is 112 Å². The van der Waals surface area contributed by atoms with E-state index in [1.54, 1.807) is 0 Å². The molecule has 1 unspecified atom stereocenters. The van der Waals surface area contributed by atoms with E-state index >= 15 is 0 Å². The van der Waals surface area contributed by atoms with Gasteiger partial charge < -0.3 is 4.42 Å². The molecule has 11 rings (SSSR count). The molecule has 0 amide bonds. The molecule has 0 saturated carbocycles. The Balaban J connectivity index is 1.34. The van der Waals surface area contributed by atoms with Crippen molar-refractivity contribution in [3.63, 3.8) is 0 Å². The lowest BCUT2D eigenvalue weighted by molar-refractivity contribution is 0.660. The van der Waals surface area contributed by atoms with Crippen LogP contribution in [0, 0.1) is 0 Å². The molecule has 1 heteroatoms. The Bertz CT molecular complexity index is 4710. The van der Waals surface area contributed by atoms with Gasteiger partial charge in [0.2, 0.25) is 0 Å². The molecule has 1 aromatic heterocycles. The van der Waals surface area contributed by atoms with Gasteiger partial charge in [-0.25, -0.2) is 0 Å². The quantitative estimate of drug-likeness (QED) is 0.168. The molecule has 0 saturated heterocycles. The average Bonchev–Trinajstić information content (AvgIpc) is 1.71. The van der Waals surface area contributed by atoms with E-state index in [1.807, 2.05) is 0 Å². The molecule has 9 aromatic carbocycles. The van der Waals surface area contributed by atoms with Gasteiger partial charge in [0.15, 0.2) is 0 Å². The molecule has 0 aliphatic heterocycles. The van der Waals surface area contributed by atoms with Crippen molar-refractivity contribution in [2.24, 2.45) is 0 Å². The van der Waals surface area contributed by atoms with Gasteiger partial charge in [-0.1, -0.05) is 159 Å². The molecule has 0 N–H and O–H groups in total. The van der Waals surface area contributed by atoms with Crippen molar-refractivity contribution in [3.8, 4) is 44.5 Å². The normalized spacial score (nSPS) is 23.8. The van der Waals surface area contributed by atoms with E-state index in [1.165, 1.54) is 0 Å². The molecule has 1 heterocycles. The third-order valence-electron chi connectivity index (χ3n) is 9.20. The van der Waals surface area contributed by atoms with Crippen molar-refractivity contribution >= 4 is 54.3 Å². The fraction of sp³-hybridized carbons (Fsp3) is 0.0588. The minimum Gasteiger partial charge on any atom is -0.456 e. The molecular formula is C51H34O. The van der Waals surface area contributed by atoms with Crippen LogP contribution in [0.3, 0.4) is 0 Å². The highest BCUT2D eigenvalue weighted by Crippen LogP contribution is 2.51. The van der Waals surface area contributed by atoms with Gasteiger partial charge >= 0.3 is 0 Å². The second kappa shape index (κ2) is 10.8. The van der Waals surface area contributed by atoms with Crippen molar-refractivity contribution in [1.29, 1.82) is 0 Å². The van der Waals surface area contributed by atoms with Gasteiger partial charge in [0.25, 0.3) is 0 Å². The number of rotatable bonds is 3. The molecule has 0 radical (unpaired) electrons. The number of furan rings is 1. The molecule has 1 aliphatic carbocycles. The van der Waals surface area contributed by atoms with E-state index in [2.05, 4.69) is 0 Å². The molecule has 1 atom stereocenters. The van der Waals surface area contributed by atoms with Crippen molar-refractivity contribution in [3.05, 3.63) is 180 Å². The smallest absolute Gasteiger partial charge is 0.136 e. The van der Waals surface area contributed by atoms with Crippen LogP contribution in [0.25, 0.3) is 98.8 Å². The first-order chi connectivity index (χ1) is 38.5. The van der Waals surface area contributed by atoms with Crippen molar-refractivity contribution in [2.45, 2.75) is 19.2 Å². The predicted octanol–water partition coefficient (Wildman–Crippen LogP) is 14.4. The maximum Gasteiger partial charge on any atom is 0.136 e. The summed E-state index contributed by atoms with van der Waals surface area (Å²) in [6.45, 7) is -2.31. The fourth-order valence-electron chi connectivity index (χ4n) is 6.89. The number of benzene rings is 9. The van der Waals surface area contributed by atoms with Gasteiger partial charge in [-0.3, -0.25) is 0 Å². The second-order valence-corrected chi connectivity index (χ2v) is 12.1. The van der Waals surface area contributed by atoms with Crippen molar-refractivity contribution in [2.75, 3.05) is 0 Å². The van der Waals surface area contributed by atoms with E-state index in [4.69, 9.17) is 29.1 Å².